The number of benzene rings is 1. The second kappa shape index (κ2) is 3.43. The van der Waals surface area contributed by atoms with Gasteiger partial charge in [0.15, 0.2) is 5.82 Å². The van der Waals surface area contributed by atoms with Crippen LogP contribution in [0.25, 0.3) is 27.5 Å². The van der Waals surface area contributed by atoms with E-state index in [1.165, 1.54) is 10.4 Å². The number of aromatic amines is 1. The third-order valence-electron chi connectivity index (χ3n) is 3.05. The Bertz CT molecular complexity index is 852. The number of aromatic nitrogens is 4. The standard InChI is InChI=1S/C13H10N4S/c1-8-6-7-18-11(8)12-15-13-14-9-4-2-3-5-10(9)17(13)16-12/h2-7H,1H3,(H,14,15,16). The molecule has 0 saturated carbocycles. The van der Waals surface area contributed by atoms with Gasteiger partial charge < -0.3 is 0 Å². The molecule has 0 unspecified atom stereocenters. The lowest BCUT2D eigenvalue weighted by Gasteiger charge is -1.93. The number of para-hydroxylation sites is 2. The Morgan fingerprint density at radius 1 is 1.17 bits per heavy atom. The second-order valence-electron chi connectivity index (χ2n) is 4.24. The highest BCUT2D eigenvalue weighted by Gasteiger charge is 2.12. The van der Waals surface area contributed by atoms with Crippen LogP contribution in [0.15, 0.2) is 35.7 Å². The zero-order chi connectivity index (χ0) is 12.1. The first kappa shape index (κ1) is 9.85. The molecule has 4 nitrogen and oxygen atoms in total. The molecular weight excluding hydrogens is 244 g/mol. The lowest BCUT2D eigenvalue weighted by molar-refractivity contribution is 1.01. The summed E-state index contributed by atoms with van der Waals surface area (Å²) in [4.78, 5) is 10.2. The van der Waals surface area contributed by atoms with E-state index in [9.17, 15) is 0 Å². The van der Waals surface area contributed by atoms with Crippen molar-refractivity contribution >= 4 is 28.1 Å². The first-order valence-corrected chi connectivity index (χ1v) is 6.58. The van der Waals surface area contributed by atoms with E-state index in [2.05, 4.69) is 33.4 Å². The molecule has 1 N–H and O–H groups in total. The van der Waals surface area contributed by atoms with Crippen molar-refractivity contribution in [2.24, 2.45) is 0 Å². The zero-order valence-corrected chi connectivity index (χ0v) is 10.5. The molecule has 0 aliphatic rings. The maximum absolute atomic E-state index is 4.56. The molecule has 3 heterocycles. The number of nitrogens with one attached hydrogen (secondary N) is 1. The summed E-state index contributed by atoms with van der Waals surface area (Å²) in [5.41, 5.74) is 3.26. The average molecular weight is 254 g/mol. The van der Waals surface area contributed by atoms with Gasteiger partial charge in [0.25, 0.3) is 5.78 Å². The van der Waals surface area contributed by atoms with Gasteiger partial charge >= 0.3 is 0 Å². The van der Waals surface area contributed by atoms with Gasteiger partial charge in [-0.25, -0.2) is 9.50 Å². The number of hydrogen-bond acceptors (Lipinski definition) is 3. The third kappa shape index (κ3) is 1.25. The first-order valence-electron chi connectivity index (χ1n) is 5.70. The fraction of sp³-hybridized carbons (Fsp3) is 0.0769. The quantitative estimate of drug-likeness (QED) is 0.566. The van der Waals surface area contributed by atoms with Crippen molar-refractivity contribution in [3.63, 3.8) is 0 Å². The average Bonchev–Trinajstić information content (AvgIpc) is 3.01. The summed E-state index contributed by atoms with van der Waals surface area (Å²) in [6.45, 7) is 2.09. The molecule has 88 valence electrons. The van der Waals surface area contributed by atoms with Crippen LogP contribution >= 0.6 is 11.3 Å². The van der Waals surface area contributed by atoms with Gasteiger partial charge in [0, 0.05) is 0 Å². The van der Waals surface area contributed by atoms with E-state index in [0.717, 1.165) is 22.6 Å². The van der Waals surface area contributed by atoms with Gasteiger partial charge in [-0.15, -0.1) is 11.3 Å². The van der Waals surface area contributed by atoms with Crippen molar-refractivity contribution in [1.29, 1.82) is 0 Å². The highest BCUT2D eigenvalue weighted by Crippen LogP contribution is 2.27. The number of nitrogens with zero attached hydrogens (tertiary/aromatic N) is 3. The summed E-state index contributed by atoms with van der Waals surface area (Å²) in [6.07, 6.45) is 0. The van der Waals surface area contributed by atoms with Gasteiger partial charge in [-0.2, -0.15) is 4.98 Å². The molecule has 4 aromatic rings. The maximum atomic E-state index is 4.56. The van der Waals surface area contributed by atoms with E-state index < -0.39 is 0 Å². The van der Waals surface area contributed by atoms with Crippen molar-refractivity contribution in [3.8, 4) is 10.7 Å². The van der Waals surface area contributed by atoms with Gasteiger partial charge in [0.2, 0.25) is 0 Å². The van der Waals surface area contributed by atoms with E-state index in [4.69, 9.17) is 0 Å². The summed E-state index contributed by atoms with van der Waals surface area (Å²) in [5.74, 6) is 1.61. The summed E-state index contributed by atoms with van der Waals surface area (Å²) in [5, 5.41) is 5.39. The third-order valence-corrected chi connectivity index (χ3v) is 4.07. The molecule has 3 aromatic heterocycles. The number of fused-ring (bicyclic) bond motifs is 3. The number of aryl methyl sites for hydroxylation is 1. The monoisotopic (exact) mass is 254 g/mol. The van der Waals surface area contributed by atoms with E-state index in [-0.39, 0.29) is 0 Å². The lowest BCUT2D eigenvalue weighted by atomic mass is 10.3. The Balaban J connectivity index is 2.03. The minimum absolute atomic E-state index is 0.721. The molecule has 0 spiro atoms. The van der Waals surface area contributed by atoms with Crippen molar-refractivity contribution in [2.75, 3.05) is 0 Å². The second-order valence-corrected chi connectivity index (χ2v) is 5.16. The molecule has 5 heteroatoms. The van der Waals surface area contributed by atoms with Gasteiger partial charge in [0.05, 0.1) is 15.9 Å². The zero-order valence-electron chi connectivity index (χ0n) is 9.71. The van der Waals surface area contributed by atoms with Crippen molar-refractivity contribution in [3.05, 3.63) is 41.3 Å². The highest BCUT2D eigenvalue weighted by molar-refractivity contribution is 7.13. The van der Waals surface area contributed by atoms with Crippen molar-refractivity contribution < 1.29 is 0 Å². The van der Waals surface area contributed by atoms with Crippen LogP contribution in [0.3, 0.4) is 0 Å². The SMILES string of the molecule is Cc1ccsc1-c1nc2nc3ccccc3n2[nH]1. The molecule has 4 rings (SSSR count). The van der Waals surface area contributed by atoms with Crippen LogP contribution in [-0.4, -0.2) is 19.6 Å². The largest absolute Gasteiger partial charge is 0.273 e. The van der Waals surface area contributed by atoms with E-state index in [1.807, 2.05) is 28.8 Å². The molecule has 0 radical (unpaired) electrons. The van der Waals surface area contributed by atoms with Crippen molar-refractivity contribution in [1.82, 2.24) is 19.6 Å². The van der Waals surface area contributed by atoms with Crippen LogP contribution in [0.2, 0.25) is 0 Å². The fourth-order valence-corrected chi connectivity index (χ4v) is 3.01. The summed E-state index contributed by atoms with van der Waals surface area (Å²) < 4.78 is 1.93. The van der Waals surface area contributed by atoms with E-state index >= 15 is 0 Å². The lowest BCUT2D eigenvalue weighted by Crippen LogP contribution is -1.84. The summed E-state index contributed by atoms with van der Waals surface area (Å²) >= 11 is 1.69. The molecule has 0 amide bonds. The molecule has 0 saturated heterocycles. The first-order chi connectivity index (χ1) is 8.83. The van der Waals surface area contributed by atoms with Gasteiger partial charge in [-0.1, -0.05) is 12.1 Å². The van der Waals surface area contributed by atoms with Crippen molar-refractivity contribution in [2.45, 2.75) is 6.92 Å². The molecule has 0 bridgehead atoms. The Hall–Kier alpha value is -2.14. The predicted octanol–water partition coefficient (Wildman–Crippen LogP) is 3.25. The number of thiophene rings is 1. The number of hydrogen-bond donors (Lipinski definition) is 1. The van der Waals surface area contributed by atoms with Crippen LogP contribution in [0.5, 0.6) is 0 Å². The maximum Gasteiger partial charge on any atom is 0.252 e. The Morgan fingerprint density at radius 3 is 2.89 bits per heavy atom. The predicted molar refractivity (Wildman–Crippen MR) is 72.9 cm³/mol. The number of imidazole rings is 1. The highest BCUT2D eigenvalue weighted by atomic mass is 32.1. The Kier molecular flexibility index (Phi) is 1.87. The molecule has 0 aliphatic carbocycles. The molecule has 18 heavy (non-hydrogen) atoms. The van der Waals surface area contributed by atoms with E-state index in [1.54, 1.807) is 11.3 Å². The van der Waals surface area contributed by atoms with Crippen LogP contribution in [0, 0.1) is 6.92 Å². The van der Waals surface area contributed by atoms with Crippen LogP contribution in [-0.2, 0) is 0 Å². The number of rotatable bonds is 1. The summed E-state index contributed by atoms with van der Waals surface area (Å²) in [7, 11) is 0. The fourth-order valence-electron chi connectivity index (χ4n) is 2.15. The Morgan fingerprint density at radius 2 is 2.06 bits per heavy atom. The normalized spacial score (nSPS) is 11.6. The smallest absolute Gasteiger partial charge is 0.252 e. The minimum Gasteiger partial charge on any atom is -0.273 e. The topological polar surface area (TPSA) is 46.0 Å². The molecule has 0 atom stereocenters. The van der Waals surface area contributed by atoms with Gasteiger partial charge in [-0.05, 0) is 36.1 Å². The molecule has 1 aromatic carbocycles. The van der Waals surface area contributed by atoms with Gasteiger partial charge in [-0.3, -0.25) is 5.10 Å². The molecule has 0 aliphatic heterocycles. The molecule has 0 fully saturated rings. The molecular formula is C13H10N4S. The van der Waals surface area contributed by atoms with Gasteiger partial charge in [0.1, 0.15) is 0 Å². The van der Waals surface area contributed by atoms with Crippen LogP contribution in [0.1, 0.15) is 5.56 Å². The Labute approximate surface area is 107 Å². The van der Waals surface area contributed by atoms with E-state index in [0.29, 0.717) is 0 Å². The number of H-pyrrole nitrogens is 1. The minimum atomic E-state index is 0.721. The summed E-state index contributed by atoms with van der Waals surface area (Å²) in [6, 6.07) is 10.1. The van der Waals surface area contributed by atoms with Crippen LogP contribution < -0.4 is 0 Å². The van der Waals surface area contributed by atoms with Crippen LogP contribution in [0.4, 0.5) is 0 Å².